The minimum Gasteiger partial charge on any atom is -0.397 e. The van der Waals surface area contributed by atoms with Crippen molar-refractivity contribution >= 4 is 159 Å². The normalized spacial score (nSPS) is 24.2. The molecule has 10 aromatic rings. The summed E-state index contributed by atoms with van der Waals surface area (Å²) in [5, 5.41) is 121. The lowest BCUT2D eigenvalue weighted by atomic mass is 10.1. The lowest BCUT2D eigenvalue weighted by Crippen LogP contribution is -2.33. The number of benzene rings is 2. The van der Waals surface area contributed by atoms with E-state index in [1.54, 1.807) is 6.92 Å². The van der Waals surface area contributed by atoms with Crippen LogP contribution in [0.5, 0.6) is 0 Å². The van der Waals surface area contributed by atoms with Crippen LogP contribution in [0, 0.1) is 0 Å². The van der Waals surface area contributed by atoms with Crippen LogP contribution in [-0.4, -0.2) is 318 Å². The summed E-state index contributed by atoms with van der Waals surface area (Å²) >= 11 is 23.2. The number of hydrogen-bond acceptors (Lipinski definition) is 40. The van der Waals surface area contributed by atoms with Crippen molar-refractivity contribution in [2.75, 3.05) is 54.9 Å². The highest BCUT2D eigenvalue weighted by atomic mass is 35.5. The van der Waals surface area contributed by atoms with Crippen molar-refractivity contribution in [2.24, 2.45) is 0 Å². The van der Waals surface area contributed by atoms with Crippen molar-refractivity contribution in [3.8, 4) is 0 Å². The number of anilines is 2. The first-order valence-corrected chi connectivity index (χ1v) is 49.0. The largest absolute Gasteiger partial charge is 0.397 e. The molecular formula is C71H100Cl4N18O28P2S4. The number of aliphatic hydroxyl groups excluding tert-OH is 12. The van der Waals surface area contributed by atoms with Crippen LogP contribution in [0.3, 0.4) is 0 Å². The molecule has 0 amide bonds. The molecule has 4 aliphatic rings. The summed E-state index contributed by atoms with van der Waals surface area (Å²) in [4.78, 5) is 77.6. The Hall–Kier alpha value is -6.74. The van der Waals surface area contributed by atoms with Crippen molar-refractivity contribution in [3.63, 3.8) is 0 Å². The van der Waals surface area contributed by atoms with Gasteiger partial charge in [0.1, 0.15) is 84.3 Å². The first-order valence-electron chi connectivity index (χ1n) is 38.1. The number of fused-ring (bicyclic) bond motifs is 4. The average Bonchev–Trinajstić information content (AvgIpc) is 1.64. The molecule has 1 unspecified atom stereocenters. The van der Waals surface area contributed by atoms with Crippen molar-refractivity contribution in [1.82, 2.24) is 78.1 Å². The number of sulfone groups is 3. The Morgan fingerprint density at radius 1 is 0.457 bits per heavy atom. The zero-order chi connectivity index (χ0) is 93.2. The number of imidazole rings is 4. The molecule has 8 aromatic heterocycles. The topological polar surface area (TPSA) is 685 Å². The number of nitrogens with one attached hydrogen (secondary N) is 2. The molecule has 0 bridgehead atoms. The first-order chi connectivity index (χ1) is 59.2. The summed E-state index contributed by atoms with van der Waals surface area (Å²) in [6.45, 7) is 13.4. The third-order valence-electron chi connectivity index (χ3n) is 18.9. The first kappa shape index (κ1) is 106. The summed E-state index contributed by atoms with van der Waals surface area (Å²) in [5.41, 5.74) is 3.28. The lowest BCUT2D eigenvalue weighted by Gasteiger charge is -2.18. The van der Waals surface area contributed by atoms with E-state index in [0.29, 0.717) is 22.9 Å². The molecule has 14 rings (SSSR count). The maximum atomic E-state index is 13.0. The van der Waals surface area contributed by atoms with E-state index in [9.17, 15) is 95.4 Å². The number of thioether (sulfide) groups is 1. The van der Waals surface area contributed by atoms with Crippen LogP contribution in [0.15, 0.2) is 107 Å². The van der Waals surface area contributed by atoms with Gasteiger partial charge in [0.15, 0.2) is 91.5 Å². The molecule has 0 spiro atoms. The smallest absolute Gasteiger partial charge is 0.340 e. The van der Waals surface area contributed by atoms with Crippen LogP contribution >= 0.6 is 73.4 Å². The third kappa shape index (κ3) is 24.8. The van der Waals surface area contributed by atoms with Gasteiger partial charge in [0.25, 0.3) is 15.5 Å². The van der Waals surface area contributed by atoms with Crippen LogP contribution < -0.4 is 10.6 Å². The minimum absolute atomic E-state index is 0. The molecule has 4 saturated heterocycles. The molecule has 4 aliphatic heterocycles. The van der Waals surface area contributed by atoms with Crippen LogP contribution in [0.25, 0.3) is 44.7 Å². The Labute approximate surface area is 751 Å². The van der Waals surface area contributed by atoms with E-state index in [1.807, 2.05) is 74.5 Å². The summed E-state index contributed by atoms with van der Waals surface area (Å²) in [7, 11) is -21.2. The number of nitrogens with zero attached hydrogens (tertiary/aromatic N) is 16. The zero-order valence-electron chi connectivity index (χ0n) is 68.2. The number of hydrogen-bond donors (Lipinski definition) is 17. The average molecular weight is 1990 g/mol. The number of aliphatic hydroxyl groups is 12. The molecule has 56 heteroatoms. The quantitative estimate of drug-likeness (QED) is 0.0122. The molecule has 17 N–H and O–H groups in total. The molecule has 12 heterocycles. The fraction of sp³-hybridized carbons (Fsp3) is 0.549. The van der Waals surface area contributed by atoms with E-state index in [4.69, 9.17) is 84.8 Å². The number of rotatable bonds is 26. The molecule has 2 aromatic carbocycles. The van der Waals surface area contributed by atoms with Gasteiger partial charge in [0.2, 0.25) is 29.5 Å². The van der Waals surface area contributed by atoms with Crippen molar-refractivity contribution in [3.05, 3.63) is 107 Å². The van der Waals surface area contributed by atoms with Crippen LogP contribution in [0.2, 0.25) is 10.3 Å². The van der Waals surface area contributed by atoms with E-state index in [1.165, 1.54) is 96.9 Å². The van der Waals surface area contributed by atoms with E-state index in [2.05, 4.69) is 70.4 Å². The maximum Gasteiger partial charge on any atom is 0.340 e. The Morgan fingerprint density at radius 3 is 1.06 bits per heavy atom. The van der Waals surface area contributed by atoms with Crippen LogP contribution in [0.4, 0.5) is 11.6 Å². The molecule has 704 valence electrons. The van der Waals surface area contributed by atoms with Gasteiger partial charge in [0.05, 0.1) is 72.8 Å². The summed E-state index contributed by atoms with van der Waals surface area (Å²) in [5.74, 6) is -1.13. The Kier molecular flexibility index (Phi) is 37.5. The van der Waals surface area contributed by atoms with E-state index < -0.39 is 201 Å². The number of halogens is 4. The standard InChI is InChI=1S/C21H29N5O11P2S.C20H25N5O6S.C13H17ClN4O6S.C13H17ClN4O4S.C2H6O.CH2Cl2.CH4/c1-12(2)40(34,35)21-24-18(22-8-13-6-4-3-5-7-13)15-19(25-21)26(10-23-15)20-17(28)16(27)14(37-20)9-36-39(32,33)11-38(29,30)31;1-11(2)32(29,30)20-23-17(21-8-12-6-4-3-5-7-12)14-18(24-20)25(10-22-14)19-16(28)15(27)13(9-26)31-19;1-5(2)25(22,23)13-16-10(14)7-11(17-13)18(4-15-7)12-9(21)8(20)6(3-19)24-12;1-5(2)23-13-16-10(14)7-11(17-13)18(4-15-7)12-9(21)8(20)6(3-19)22-12;1-2-3;2-1-3;/h3-7,10,12,14,16-17,20,27-28H,8-9,11H2,1-2H3,(H,32,33)(H,22,24,25)(H2,29,30,31);3-7,10-11,13,15-16,19,26-28H,8-9H2,1-2H3,(H,21,23,24);4-6,8-9,12,19-21H,3H2,1-2H3;4-6,8-9,12,19-21H,3H2,1-2H3;3H,2H2,1H3;1H2;1H4/t14-,16-,17-,20-;13-,15-,16-,19-;2*6-,8-,9-,12-;;;/m1111.../s1. The predicted molar refractivity (Wildman–Crippen MR) is 461 cm³/mol. The molecule has 0 radical (unpaired) electrons. The van der Waals surface area contributed by atoms with Gasteiger partial charge < -0.3 is 110 Å². The molecule has 127 heavy (non-hydrogen) atoms. The SMILES string of the molecule is C.CC(C)S(=O)(=O)c1nc(Cl)c2ncn([C@@H]3O[C@H](CO)[C@@H](O)[C@H]3O)c2n1.CC(C)S(=O)(=O)c1nc(NCc2ccccc2)c2ncn([C@@H]3O[C@H](CO)[C@@H](O)[C@H]3O)c2n1.CC(C)S(=O)(=O)c1nc(NCc2ccccc2)c2ncn([C@@H]3O[C@H](COP(=O)(O)CP(=O)(O)O)[C@@H](O)[C@H]3O)c2n1.CC(C)Sc1nc(Cl)c2ncn([C@@H]3O[C@H](CO)[C@@H](O)[C@H]3O)c2n1.CCO.ClCCl. The van der Waals surface area contributed by atoms with E-state index in [-0.39, 0.29) is 91.8 Å². The van der Waals surface area contributed by atoms with Gasteiger partial charge in [-0.15, -0.1) is 23.2 Å². The Morgan fingerprint density at radius 2 is 0.748 bits per heavy atom. The second kappa shape index (κ2) is 45.1. The van der Waals surface area contributed by atoms with Crippen molar-refractivity contribution in [2.45, 2.75) is 223 Å². The Balaban J connectivity index is 0.000000208. The minimum atomic E-state index is -4.88. The monoisotopic (exact) mass is 1980 g/mol. The summed E-state index contributed by atoms with van der Waals surface area (Å²) in [6, 6.07) is 18.7. The number of alkyl halides is 2. The van der Waals surface area contributed by atoms with Crippen LogP contribution in [0.1, 0.15) is 106 Å². The highest BCUT2D eigenvalue weighted by Crippen LogP contribution is 2.56. The third-order valence-corrected chi connectivity index (χ3v) is 29.5. The van der Waals surface area contributed by atoms with Gasteiger partial charge >= 0.3 is 15.2 Å². The molecular weight excluding hydrogens is 1880 g/mol. The second-order valence-corrected chi connectivity index (χ2v) is 43.4. The molecule has 17 atom stereocenters. The zero-order valence-corrected chi connectivity index (χ0v) is 76.3. The number of aromatic nitrogens is 16. The Bertz CT molecular complexity index is 5790. The van der Waals surface area contributed by atoms with E-state index >= 15 is 0 Å². The van der Waals surface area contributed by atoms with Gasteiger partial charge in [-0.3, -0.25) is 27.4 Å². The highest BCUT2D eigenvalue weighted by molar-refractivity contribution is 7.99. The maximum absolute atomic E-state index is 13.0. The summed E-state index contributed by atoms with van der Waals surface area (Å²) in [6.07, 6.45) is -14.6. The fourth-order valence-corrected chi connectivity index (χ4v) is 18.6. The second-order valence-electron chi connectivity index (χ2n) is 29.1. The van der Waals surface area contributed by atoms with Crippen molar-refractivity contribution < 1.29 is 134 Å². The predicted octanol–water partition coefficient (Wildman–Crippen LogP) is 2.73. The highest BCUT2D eigenvalue weighted by Gasteiger charge is 2.49. The van der Waals surface area contributed by atoms with Gasteiger partial charge in [-0.1, -0.05) is 117 Å². The number of ether oxygens (including phenoxy) is 4. The van der Waals surface area contributed by atoms with E-state index in [0.717, 1.165) is 11.1 Å². The van der Waals surface area contributed by atoms with Gasteiger partial charge in [0, 0.05) is 24.9 Å². The van der Waals surface area contributed by atoms with Crippen molar-refractivity contribution in [1.29, 1.82) is 0 Å². The molecule has 4 fully saturated rings. The molecule has 0 aliphatic carbocycles. The van der Waals surface area contributed by atoms with Crippen LogP contribution in [-0.2, 0) is 75.2 Å². The molecule has 0 saturated carbocycles. The summed E-state index contributed by atoms with van der Waals surface area (Å²) < 4.78 is 132. The van der Waals surface area contributed by atoms with Gasteiger partial charge in [-0.25, -0.2) is 60.1 Å². The van der Waals surface area contributed by atoms with Gasteiger partial charge in [-0.2, -0.15) is 24.9 Å². The molecule has 46 nitrogen and oxygen atoms in total. The lowest BCUT2D eigenvalue weighted by molar-refractivity contribution is -0.0511. The van der Waals surface area contributed by atoms with Gasteiger partial charge in [-0.05, 0) is 59.6 Å². The fourth-order valence-electron chi connectivity index (χ4n) is 12.2.